The van der Waals surface area contributed by atoms with Gasteiger partial charge in [0.2, 0.25) is 5.91 Å². The number of unbranched alkanes of at least 4 members (excludes halogenated alkanes) is 1. The average molecular weight is 481 g/mol. The smallest absolute Gasteiger partial charge is 0.407 e. The maximum atomic E-state index is 12.5. The van der Waals surface area contributed by atoms with Crippen molar-refractivity contribution < 1.29 is 29.0 Å². The third-order valence-electron chi connectivity index (χ3n) is 6.73. The molecule has 35 heavy (non-hydrogen) atoms. The molecule has 3 atom stereocenters. The summed E-state index contributed by atoms with van der Waals surface area (Å²) in [5.41, 5.74) is 4.63. The van der Waals surface area contributed by atoms with Gasteiger partial charge in [0, 0.05) is 12.5 Å². The van der Waals surface area contributed by atoms with Crippen LogP contribution in [-0.4, -0.2) is 55.0 Å². The third kappa shape index (κ3) is 5.82. The lowest BCUT2D eigenvalue weighted by Gasteiger charge is -2.17. The molecule has 1 fully saturated rings. The van der Waals surface area contributed by atoms with Crippen molar-refractivity contribution in [3.63, 3.8) is 0 Å². The molecule has 4 rings (SSSR count). The topological polar surface area (TPSA) is 114 Å². The molecule has 2 aromatic rings. The van der Waals surface area contributed by atoms with Gasteiger partial charge in [-0.05, 0) is 35.1 Å². The lowest BCUT2D eigenvalue weighted by atomic mass is 9.98. The Balaban J connectivity index is 1.23. The Morgan fingerprint density at radius 3 is 2.37 bits per heavy atom. The molecule has 8 nitrogen and oxygen atoms in total. The molecule has 2 aliphatic rings. The van der Waals surface area contributed by atoms with Gasteiger partial charge in [-0.1, -0.05) is 68.3 Å². The van der Waals surface area contributed by atoms with E-state index in [0.717, 1.165) is 24.0 Å². The van der Waals surface area contributed by atoms with Crippen molar-refractivity contribution in [1.82, 2.24) is 10.6 Å². The van der Waals surface area contributed by atoms with Crippen LogP contribution in [0, 0.1) is 5.92 Å². The Labute approximate surface area is 205 Å². The summed E-state index contributed by atoms with van der Waals surface area (Å²) >= 11 is 0. The van der Waals surface area contributed by atoms with Crippen molar-refractivity contribution in [1.29, 1.82) is 0 Å². The second-order valence-electron chi connectivity index (χ2n) is 9.14. The average Bonchev–Trinajstić information content (AvgIpc) is 3.47. The normalized spacial score (nSPS) is 19.5. The first-order valence-electron chi connectivity index (χ1n) is 12.2. The quantitative estimate of drug-likeness (QED) is 0.478. The summed E-state index contributed by atoms with van der Waals surface area (Å²) in [5, 5.41) is 14.7. The number of alkyl carbamates (subject to hydrolysis) is 1. The Morgan fingerprint density at radius 2 is 1.74 bits per heavy atom. The third-order valence-corrected chi connectivity index (χ3v) is 6.73. The molecule has 1 heterocycles. The zero-order valence-corrected chi connectivity index (χ0v) is 19.9. The maximum Gasteiger partial charge on any atom is 0.407 e. The monoisotopic (exact) mass is 480 g/mol. The van der Waals surface area contributed by atoms with Gasteiger partial charge in [-0.15, -0.1) is 0 Å². The molecule has 1 aliphatic heterocycles. The fourth-order valence-electron chi connectivity index (χ4n) is 4.83. The van der Waals surface area contributed by atoms with E-state index in [1.165, 1.54) is 11.1 Å². The van der Waals surface area contributed by atoms with Crippen molar-refractivity contribution >= 4 is 18.0 Å². The number of carbonyl (C=O) groups excluding carboxylic acids is 2. The molecule has 2 amide bonds. The van der Waals surface area contributed by atoms with Gasteiger partial charge in [-0.3, -0.25) is 4.79 Å². The van der Waals surface area contributed by atoms with E-state index in [4.69, 9.17) is 9.47 Å². The molecule has 0 spiro atoms. The summed E-state index contributed by atoms with van der Waals surface area (Å²) in [6.45, 7) is 2.62. The summed E-state index contributed by atoms with van der Waals surface area (Å²) in [6, 6.07) is 15.4. The highest BCUT2D eigenvalue weighted by molar-refractivity contribution is 5.85. The molecular formula is C27H32N2O6. The number of fused-ring (bicyclic) bond motifs is 3. The first-order valence-corrected chi connectivity index (χ1v) is 12.2. The van der Waals surface area contributed by atoms with Crippen LogP contribution in [0.15, 0.2) is 48.5 Å². The van der Waals surface area contributed by atoms with Gasteiger partial charge in [-0.2, -0.15) is 0 Å². The number of ether oxygens (including phenoxy) is 2. The van der Waals surface area contributed by atoms with Gasteiger partial charge >= 0.3 is 12.1 Å². The molecule has 1 aliphatic carbocycles. The molecular weight excluding hydrogens is 448 g/mol. The van der Waals surface area contributed by atoms with E-state index in [2.05, 4.69) is 34.9 Å². The zero-order valence-electron chi connectivity index (χ0n) is 19.9. The lowest BCUT2D eigenvalue weighted by molar-refractivity contribution is -0.142. The Morgan fingerprint density at radius 1 is 1.09 bits per heavy atom. The number of carboxylic acid groups (broad SMARTS) is 1. The van der Waals surface area contributed by atoms with Gasteiger partial charge in [0.15, 0.2) is 0 Å². The first-order chi connectivity index (χ1) is 17.0. The van der Waals surface area contributed by atoms with Crippen LogP contribution < -0.4 is 10.6 Å². The Kier molecular flexibility index (Phi) is 8.02. The molecule has 3 unspecified atom stereocenters. The van der Waals surface area contributed by atoms with Crippen LogP contribution in [0.3, 0.4) is 0 Å². The minimum Gasteiger partial charge on any atom is -0.480 e. The molecule has 0 bridgehead atoms. The molecule has 0 aromatic heterocycles. The van der Waals surface area contributed by atoms with Crippen LogP contribution in [0.4, 0.5) is 4.79 Å². The van der Waals surface area contributed by atoms with Crippen LogP contribution in [0.2, 0.25) is 0 Å². The summed E-state index contributed by atoms with van der Waals surface area (Å²) in [6.07, 6.45) is 1.54. The van der Waals surface area contributed by atoms with E-state index in [0.29, 0.717) is 12.8 Å². The van der Waals surface area contributed by atoms with E-state index in [9.17, 15) is 19.5 Å². The number of carboxylic acids is 1. The van der Waals surface area contributed by atoms with Gasteiger partial charge in [0.05, 0.1) is 18.6 Å². The van der Waals surface area contributed by atoms with Crippen LogP contribution in [0.25, 0.3) is 11.1 Å². The van der Waals surface area contributed by atoms with Gasteiger partial charge < -0.3 is 25.2 Å². The number of benzene rings is 2. The number of aliphatic carboxylic acids is 1. The van der Waals surface area contributed by atoms with Crippen LogP contribution in [-0.2, 0) is 19.1 Å². The van der Waals surface area contributed by atoms with E-state index >= 15 is 0 Å². The molecule has 2 aromatic carbocycles. The summed E-state index contributed by atoms with van der Waals surface area (Å²) in [5.74, 6) is -1.80. The SMILES string of the molecule is CCCCC(NC(=O)C1COC(CNC(=O)OCC2c3ccccc3-c3ccccc32)C1)C(=O)O. The molecule has 8 heteroatoms. The van der Waals surface area contributed by atoms with E-state index < -0.39 is 24.0 Å². The highest BCUT2D eigenvalue weighted by Crippen LogP contribution is 2.44. The fraction of sp³-hybridized carbons (Fsp3) is 0.444. The van der Waals surface area contributed by atoms with E-state index in [-0.39, 0.29) is 37.7 Å². The predicted octanol–water partition coefficient (Wildman–Crippen LogP) is 3.69. The molecule has 3 N–H and O–H groups in total. The summed E-state index contributed by atoms with van der Waals surface area (Å²) in [7, 11) is 0. The van der Waals surface area contributed by atoms with Crippen LogP contribution in [0.5, 0.6) is 0 Å². The summed E-state index contributed by atoms with van der Waals surface area (Å²) in [4.78, 5) is 36.3. The van der Waals surface area contributed by atoms with Crippen molar-refractivity contribution in [2.24, 2.45) is 5.92 Å². The van der Waals surface area contributed by atoms with Crippen LogP contribution >= 0.6 is 0 Å². The Bertz CT molecular complexity index is 1030. The molecule has 186 valence electrons. The highest BCUT2D eigenvalue weighted by Gasteiger charge is 2.33. The number of hydrogen-bond acceptors (Lipinski definition) is 5. The number of hydrogen-bond donors (Lipinski definition) is 3. The van der Waals surface area contributed by atoms with Crippen molar-refractivity contribution in [3.8, 4) is 11.1 Å². The van der Waals surface area contributed by atoms with Gasteiger partial charge in [-0.25, -0.2) is 9.59 Å². The number of nitrogens with one attached hydrogen (secondary N) is 2. The van der Waals surface area contributed by atoms with Crippen LogP contribution in [0.1, 0.15) is 49.7 Å². The minimum absolute atomic E-state index is 0.0150. The molecule has 0 radical (unpaired) electrons. The fourth-order valence-corrected chi connectivity index (χ4v) is 4.83. The second kappa shape index (κ2) is 11.4. The van der Waals surface area contributed by atoms with Gasteiger partial charge in [0.25, 0.3) is 0 Å². The lowest BCUT2D eigenvalue weighted by Crippen LogP contribution is -2.44. The number of carbonyl (C=O) groups is 3. The standard InChI is InChI=1S/C27H32N2O6/c1-2-3-12-24(26(31)32)29-25(30)17-13-18(34-15-17)14-28-27(33)35-16-23-21-10-6-4-8-19(21)20-9-5-7-11-22(20)23/h4-11,17-18,23-24H,2-3,12-16H2,1H3,(H,28,33)(H,29,30)(H,31,32). The number of amides is 2. The molecule has 0 saturated carbocycles. The maximum absolute atomic E-state index is 12.5. The summed E-state index contributed by atoms with van der Waals surface area (Å²) < 4.78 is 11.2. The first kappa shape index (κ1) is 24.7. The highest BCUT2D eigenvalue weighted by atomic mass is 16.5. The zero-order chi connectivity index (χ0) is 24.8. The van der Waals surface area contributed by atoms with Gasteiger partial charge in [0.1, 0.15) is 12.6 Å². The van der Waals surface area contributed by atoms with E-state index in [1.54, 1.807) is 0 Å². The molecule has 1 saturated heterocycles. The predicted molar refractivity (Wildman–Crippen MR) is 130 cm³/mol. The Hall–Kier alpha value is -3.39. The minimum atomic E-state index is -1.03. The largest absolute Gasteiger partial charge is 0.480 e. The van der Waals surface area contributed by atoms with E-state index in [1.807, 2.05) is 31.2 Å². The van der Waals surface area contributed by atoms with Crippen molar-refractivity contribution in [2.45, 2.75) is 50.7 Å². The van der Waals surface area contributed by atoms with Crippen molar-refractivity contribution in [3.05, 3.63) is 59.7 Å². The van der Waals surface area contributed by atoms with Crippen molar-refractivity contribution in [2.75, 3.05) is 19.8 Å². The number of rotatable bonds is 10. The second-order valence-corrected chi connectivity index (χ2v) is 9.14.